The molecule has 0 aromatic heterocycles. The van der Waals surface area contributed by atoms with Crippen LogP contribution in [0.25, 0.3) is 0 Å². The lowest BCUT2D eigenvalue weighted by atomic mass is 9.77. The van der Waals surface area contributed by atoms with Crippen LogP contribution in [0.3, 0.4) is 0 Å². The molecule has 2 aromatic rings. The van der Waals surface area contributed by atoms with Crippen LogP contribution < -0.4 is 0 Å². The number of nitrogens with zero attached hydrogens (tertiary/aromatic N) is 1. The van der Waals surface area contributed by atoms with Gasteiger partial charge in [-0.1, -0.05) is 41.4 Å². The highest BCUT2D eigenvalue weighted by Crippen LogP contribution is 2.53. The van der Waals surface area contributed by atoms with E-state index in [0.717, 1.165) is 0 Å². The molecule has 1 atom stereocenters. The topological polar surface area (TPSA) is 116 Å². The second-order valence-electron chi connectivity index (χ2n) is 8.20. The quantitative estimate of drug-likeness (QED) is 0.193. The molecule has 2 aromatic carbocycles. The molecule has 204 valence electrons. The van der Waals surface area contributed by atoms with Gasteiger partial charge in [0.25, 0.3) is 15.6 Å². The summed E-state index contributed by atoms with van der Waals surface area (Å²) in [7, 11) is -5.00. The van der Waals surface area contributed by atoms with Crippen molar-refractivity contribution in [1.82, 2.24) is 4.31 Å². The number of carbonyl (C=O) groups is 3. The molecule has 0 aliphatic carbocycles. The Kier molecular flexibility index (Phi) is 8.83. The molecule has 1 unspecified atom stereocenters. The molecule has 12 heteroatoms. The molecule has 3 rings (SSSR count). The summed E-state index contributed by atoms with van der Waals surface area (Å²) in [6.45, 7) is 5.26. The van der Waals surface area contributed by atoms with E-state index in [4.69, 9.17) is 25.8 Å². The summed E-state index contributed by atoms with van der Waals surface area (Å²) >= 11 is 6.02. The summed E-state index contributed by atoms with van der Waals surface area (Å²) in [5.41, 5.74) is -3.15. The van der Waals surface area contributed by atoms with Gasteiger partial charge in [-0.3, -0.25) is 0 Å². The molecule has 0 fully saturated rings. The summed E-state index contributed by atoms with van der Waals surface area (Å²) in [5, 5.41) is 0.260. The van der Waals surface area contributed by atoms with Crippen molar-refractivity contribution in [3.8, 4) is 0 Å². The van der Waals surface area contributed by atoms with Gasteiger partial charge in [0, 0.05) is 5.02 Å². The Balaban J connectivity index is 2.50. The average Bonchev–Trinajstić information content (AvgIpc) is 3.16. The fourth-order valence-corrected chi connectivity index (χ4v) is 6.02. The molecule has 38 heavy (non-hydrogen) atoms. The fourth-order valence-electron chi connectivity index (χ4n) is 4.26. The zero-order valence-electron chi connectivity index (χ0n) is 21.2. The predicted octanol–water partition coefficient (Wildman–Crippen LogP) is 4.05. The van der Waals surface area contributed by atoms with Crippen LogP contribution in [0, 0.1) is 6.92 Å². The highest BCUT2D eigenvalue weighted by atomic mass is 35.5. The summed E-state index contributed by atoms with van der Waals surface area (Å²) in [4.78, 5) is 40.2. The van der Waals surface area contributed by atoms with Crippen molar-refractivity contribution in [2.45, 2.75) is 44.0 Å². The predicted molar refractivity (Wildman–Crippen MR) is 135 cm³/mol. The first-order valence-corrected chi connectivity index (χ1v) is 13.6. The number of ether oxygens (including phenoxy) is 3. The van der Waals surface area contributed by atoms with Crippen molar-refractivity contribution in [2.75, 3.05) is 19.8 Å². The maximum atomic E-state index is 16.5. The molecule has 0 saturated carbocycles. The molecule has 0 saturated heterocycles. The fraction of sp³-hybridized carbons (Fsp3) is 0.346. The first-order chi connectivity index (χ1) is 18.0. The summed E-state index contributed by atoms with van der Waals surface area (Å²) in [6, 6.07) is 10.8. The number of benzene rings is 2. The highest BCUT2D eigenvalue weighted by molar-refractivity contribution is 7.89. The van der Waals surface area contributed by atoms with Crippen molar-refractivity contribution in [3.63, 3.8) is 0 Å². The third-order valence-corrected chi connectivity index (χ3v) is 7.91. The average molecular weight is 568 g/mol. The van der Waals surface area contributed by atoms with Gasteiger partial charge in [0.1, 0.15) is 5.57 Å². The molecule has 9 nitrogen and oxygen atoms in total. The standard InChI is InChI=1S/C26H27ClFNO8S/c1-5-35-23(30)20-21(17-10-12-18(27)13-11-17)26(24(31)36-6-2,25(32)37-7-3)29(22(20)28)38(33,34)19-14-8-16(4)9-15-19/h8-15,21H,5-7H2,1-4H3. The summed E-state index contributed by atoms with van der Waals surface area (Å²) < 4.78 is 59.9. The second kappa shape index (κ2) is 11.5. The van der Waals surface area contributed by atoms with E-state index in [1.165, 1.54) is 69.3 Å². The van der Waals surface area contributed by atoms with Crippen LogP contribution >= 0.6 is 11.6 Å². The van der Waals surface area contributed by atoms with Crippen LogP contribution in [-0.2, 0) is 38.6 Å². The van der Waals surface area contributed by atoms with Crippen molar-refractivity contribution < 1.29 is 41.4 Å². The molecule has 0 amide bonds. The van der Waals surface area contributed by atoms with Crippen LogP contribution in [0.5, 0.6) is 0 Å². The van der Waals surface area contributed by atoms with Gasteiger partial charge in [0.05, 0.1) is 30.6 Å². The van der Waals surface area contributed by atoms with E-state index in [1.807, 2.05) is 0 Å². The maximum Gasteiger partial charge on any atom is 0.345 e. The minimum atomic E-state index is -5.00. The molecular weight excluding hydrogens is 541 g/mol. The van der Waals surface area contributed by atoms with Gasteiger partial charge < -0.3 is 14.2 Å². The minimum absolute atomic E-state index is 0.00776. The third-order valence-electron chi connectivity index (χ3n) is 5.86. The van der Waals surface area contributed by atoms with Gasteiger partial charge >= 0.3 is 17.9 Å². The Labute approximate surface area is 225 Å². The van der Waals surface area contributed by atoms with Crippen molar-refractivity contribution in [2.24, 2.45) is 0 Å². The molecule has 1 aliphatic rings. The Morgan fingerprint density at radius 2 is 1.39 bits per heavy atom. The monoisotopic (exact) mass is 567 g/mol. The maximum absolute atomic E-state index is 16.5. The lowest BCUT2D eigenvalue weighted by Gasteiger charge is -2.38. The first-order valence-electron chi connectivity index (χ1n) is 11.8. The van der Waals surface area contributed by atoms with Gasteiger partial charge in [-0.05, 0) is 57.5 Å². The van der Waals surface area contributed by atoms with Gasteiger partial charge in [-0.25, -0.2) is 27.1 Å². The Bertz CT molecular complexity index is 1340. The number of sulfonamides is 1. The van der Waals surface area contributed by atoms with Crippen LogP contribution in [-0.4, -0.2) is 56.0 Å². The van der Waals surface area contributed by atoms with E-state index in [-0.39, 0.29) is 34.7 Å². The van der Waals surface area contributed by atoms with Crippen LogP contribution in [0.1, 0.15) is 37.8 Å². The van der Waals surface area contributed by atoms with Gasteiger partial charge in [0.2, 0.25) is 5.95 Å². The first kappa shape index (κ1) is 29.1. The SMILES string of the molecule is CCOC(=O)C1=C(F)N(S(=O)(=O)c2ccc(C)cc2)C(C(=O)OCC)(C(=O)OCC)C1c1ccc(Cl)cc1. The number of rotatable bonds is 9. The van der Waals surface area contributed by atoms with Crippen LogP contribution in [0.15, 0.2) is 65.0 Å². The Morgan fingerprint density at radius 1 is 0.895 bits per heavy atom. The molecule has 1 heterocycles. The molecule has 0 N–H and O–H groups in total. The van der Waals surface area contributed by atoms with Gasteiger partial charge in [0.15, 0.2) is 0 Å². The van der Waals surface area contributed by atoms with Gasteiger partial charge in [-0.2, -0.15) is 4.39 Å². The molecule has 0 bridgehead atoms. The Hall–Kier alpha value is -3.44. The molecular formula is C26H27ClFNO8S. The van der Waals surface area contributed by atoms with E-state index >= 15 is 4.39 Å². The van der Waals surface area contributed by atoms with Crippen molar-refractivity contribution in [1.29, 1.82) is 0 Å². The van der Waals surface area contributed by atoms with E-state index in [1.54, 1.807) is 6.92 Å². The second-order valence-corrected chi connectivity index (χ2v) is 10.4. The largest absolute Gasteiger partial charge is 0.464 e. The number of carbonyl (C=O) groups excluding carboxylic acids is 3. The van der Waals surface area contributed by atoms with Crippen LogP contribution in [0.2, 0.25) is 5.02 Å². The van der Waals surface area contributed by atoms with Crippen LogP contribution in [0.4, 0.5) is 4.39 Å². The molecule has 0 spiro atoms. The number of aryl methyl sites for hydroxylation is 1. The number of hydrogen-bond acceptors (Lipinski definition) is 8. The molecule has 0 radical (unpaired) electrons. The lowest BCUT2D eigenvalue weighted by Crippen LogP contribution is -2.63. The smallest absolute Gasteiger partial charge is 0.345 e. The van der Waals surface area contributed by atoms with E-state index in [0.29, 0.717) is 5.56 Å². The number of halogens is 2. The highest BCUT2D eigenvalue weighted by Gasteiger charge is 2.71. The zero-order valence-corrected chi connectivity index (χ0v) is 22.8. The normalized spacial score (nSPS) is 16.8. The summed E-state index contributed by atoms with van der Waals surface area (Å²) in [5.74, 6) is -7.61. The zero-order chi connectivity index (χ0) is 28.3. The number of esters is 3. The van der Waals surface area contributed by atoms with Gasteiger partial charge in [-0.15, -0.1) is 0 Å². The van der Waals surface area contributed by atoms with E-state index in [9.17, 15) is 22.8 Å². The Morgan fingerprint density at radius 3 is 1.87 bits per heavy atom. The minimum Gasteiger partial charge on any atom is -0.464 e. The van der Waals surface area contributed by atoms with E-state index in [2.05, 4.69) is 0 Å². The summed E-state index contributed by atoms with van der Waals surface area (Å²) in [6.07, 6.45) is 0. The molecule has 1 aliphatic heterocycles. The van der Waals surface area contributed by atoms with Crippen molar-refractivity contribution >= 4 is 39.5 Å². The van der Waals surface area contributed by atoms with E-state index < -0.39 is 55.8 Å². The number of hydrogen-bond donors (Lipinski definition) is 0. The van der Waals surface area contributed by atoms with Crippen molar-refractivity contribution in [3.05, 3.63) is 76.2 Å². The lowest BCUT2D eigenvalue weighted by molar-refractivity contribution is -0.170. The third kappa shape index (κ3) is 4.88.